The second kappa shape index (κ2) is 6.02. The van der Waals surface area contributed by atoms with E-state index in [4.69, 9.17) is 21.7 Å². The maximum Gasteiger partial charge on any atom is 0.335 e. The van der Waals surface area contributed by atoms with Crippen LogP contribution in [0.5, 0.6) is 0 Å². The summed E-state index contributed by atoms with van der Waals surface area (Å²) in [4.78, 5) is 24.7. The molecule has 1 aliphatic heterocycles. The third-order valence-electron chi connectivity index (χ3n) is 3.30. The monoisotopic (exact) mass is 345 g/mol. The van der Waals surface area contributed by atoms with Crippen LogP contribution in [0.25, 0.3) is 17.4 Å². The van der Waals surface area contributed by atoms with Crippen LogP contribution < -0.4 is 0 Å². The van der Waals surface area contributed by atoms with Gasteiger partial charge in [0.2, 0.25) is 0 Å². The molecule has 0 atom stereocenters. The number of carbonyl (C=O) groups excluding carboxylic acids is 1. The van der Waals surface area contributed by atoms with E-state index in [2.05, 4.69) is 0 Å². The molecule has 1 aliphatic rings. The maximum absolute atomic E-state index is 12.0. The van der Waals surface area contributed by atoms with Crippen LogP contribution in [-0.4, -0.2) is 33.3 Å². The summed E-state index contributed by atoms with van der Waals surface area (Å²) >= 11 is 6.31. The predicted octanol–water partition coefficient (Wildman–Crippen LogP) is 3.48. The van der Waals surface area contributed by atoms with Gasteiger partial charge in [-0.1, -0.05) is 36.1 Å². The molecule has 1 fully saturated rings. The lowest BCUT2D eigenvalue weighted by Gasteiger charge is -2.03. The highest BCUT2D eigenvalue weighted by Crippen LogP contribution is 2.32. The zero-order valence-corrected chi connectivity index (χ0v) is 13.6. The highest BCUT2D eigenvalue weighted by Gasteiger charge is 2.29. The number of hydrogen-bond donors (Lipinski definition) is 1. The van der Waals surface area contributed by atoms with Crippen molar-refractivity contribution in [2.45, 2.75) is 0 Å². The normalized spacial score (nSPS) is 16.4. The van der Waals surface area contributed by atoms with Crippen LogP contribution in [0, 0.1) is 0 Å². The minimum atomic E-state index is -0.974. The molecular formula is C16H11NO4S2. The Hall–Kier alpha value is -2.38. The Balaban J connectivity index is 1.85. The van der Waals surface area contributed by atoms with Gasteiger partial charge in [-0.15, -0.1) is 0 Å². The Morgan fingerprint density at radius 1 is 1.26 bits per heavy atom. The molecule has 0 bridgehead atoms. The van der Waals surface area contributed by atoms with Crippen molar-refractivity contribution in [2.24, 2.45) is 0 Å². The first-order valence-corrected chi connectivity index (χ1v) is 7.83. The van der Waals surface area contributed by atoms with Gasteiger partial charge in [0.15, 0.2) is 0 Å². The summed E-state index contributed by atoms with van der Waals surface area (Å²) in [5.41, 5.74) is 0.977. The van der Waals surface area contributed by atoms with Gasteiger partial charge in [-0.25, -0.2) is 4.79 Å². The number of carbonyl (C=O) groups is 2. The fourth-order valence-electron chi connectivity index (χ4n) is 2.04. The van der Waals surface area contributed by atoms with Crippen molar-refractivity contribution < 1.29 is 19.1 Å². The van der Waals surface area contributed by atoms with Crippen LogP contribution >= 0.6 is 24.0 Å². The van der Waals surface area contributed by atoms with Gasteiger partial charge in [0.25, 0.3) is 5.91 Å². The zero-order chi connectivity index (χ0) is 16.6. The van der Waals surface area contributed by atoms with E-state index in [1.165, 1.54) is 28.8 Å². The Bertz CT molecular complexity index is 836. The SMILES string of the molecule is CN1C(=O)/C(=C\c2ccc(-c3ccc(C(=O)O)cc3)o2)SC1=S. The number of carboxylic acid groups (broad SMARTS) is 1. The molecule has 0 aliphatic carbocycles. The van der Waals surface area contributed by atoms with Crippen molar-refractivity contribution in [2.75, 3.05) is 7.05 Å². The lowest BCUT2D eigenvalue weighted by atomic mass is 10.1. The second-order valence-corrected chi connectivity index (χ2v) is 6.50. The third kappa shape index (κ3) is 3.06. The number of furan rings is 1. The molecule has 0 radical (unpaired) electrons. The molecule has 0 saturated carbocycles. The minimum Gasteiger partial charge on any atom is -0.478 e. The van der Waals surface area contributed by atoms with Gasteiger partial charge >= 0.3 is 5.97 Å². The molecule has 1 aromatic carbocycles. The number of thioether (sulfide) groups is 1. The molecule has 1 amide bonds. The molecule has 1 saturated heterocycles. The summed E-state index contributed by atoms with van der Waals surface area (Å²) in [5, 5.41) is 8.90. The first kappa shape index (κ1) is 15.5. The van der Waals surface area contributed by atoms with E-state index >= 15 is 0 Å². The van der Waals surface area contributed by atoms with Crippen molar-refractivity contribution in [3.63, 3.8) is 0 Å². The molecule has 2 aromatic rings. The number of benzene rings is 1. The van der Waals surface area contributed by atoms with Crippen LogP contribution in [0.3, 0.4) is 0 Å². The van der Waals surface area contributed by atoms with Gasteiger partial charge in [-0.3, -0.25) is 9.69 Å². The van der Waals surface area contributed by atoms with E-state index in [1.54, 1.807) is 37.4 Å². The van der Waals surface area contributed by atoms with E-state index in [1.807, 2.05) is 0 Å². The van der Waals surface area contributed by atoms with Crippen molar-refractivity contribution >= 4 is 46.3 Å². The van der Waals surface area contributed by atoms with Gasteiger partial charge in [0, 0.05) is 18.7 Å². The number of aromatic carboxylic acids is 1. The molecular weight excluding hydrogens is 334 g/mol. The van der Waals surface area contributed by atoms with Gasteiger partial charge in [0.1, 0.15) is 15.8 Å². The Morgan fingerprint density at radius 3 is 2.52 bits per heavy atom. The smallest absolute Gasteiger partial charge is 0.335 e. The molecule has 1 aromatic heterocycles. The topological polar surface area (TPSA) is 70.8 Å². The van der Waals surface area contributed by atoms with Crippen LogP contribution in [0.1, 0.15) is 16.1 Å². The van der Waals surface area contributed by atoms with Crippen molar-refractivity contribution in [1.29, 1.82) is 0 Å². The van der Waals surface area contributed by atoms with Crippen LogP contribution in [-0.2, 0) is 4.79 Å². The molecule has 116 valence electrons. The van der Waals surface area contributed by atoms with E-state index in [9.17, 15) is 9.59 Å². The van der Waals surface area contributed by atoms with Crippen LogP contribution in [0.15, 0.2) is 45.7 Å². The number of thiocarbonyl (C=S) groups is 1. The van der Waals surface area contributed by atoms with Gasteiger partial charge in [0.05, 0.1) is 10.5 Å². The molecule has 7 heteroatoms. The lowest BCUT2D eigenvalue weighted by molar-refractivity contribution is -0.121. The zero-order valence-electron chi connectivity index (χ0n) is 12.0. The first-order chi connectivity index (χ1) is 11.0. The lowest BCUT2D eigenvalue weighted by Crippen LogP contribution is -2.22. The minimum absolute atomic E-state index is 0.149. The average Bonchev–Trinajstić information content (AvgIpc) is 3.09. The number of rotatable bonds is 3. The Kier molecular flexibility index (Phi) is 4.06. The van der Waals surface area contributed by atoms with Crippen molar-refractivity contribution in [3.05, 3.63) is 52.6 Å². The second-order valence-electron chi connectivity index (χ2n) is 4.83. The number of nitrogens with zero attached hydrogens (tertiary/aromatic N) is 1. The summed E-state index contributed by atoms with van der Waals surface area (Å²) in [7, 11) is 1.63. The number of carboxylic acids is 1. The van der Waals surface area contributed by atoms with E-state index in [0.29, 0.717) is 20.7 Å². The number of amides is 1. The standard InChI is InChI=1S/C16H11NO4S2/c1-17-14(18)13(23-16(17)22)8-11-6-7-12(21-11)9-2-4-10(5-3-9)15(19)20/h2-8H,1H3,(H,19,20)/b13-8+. The summed E-state index contributed by atoms with van der Waals surface area (Å²) in [6.45, 7) is 0. The predicted molar refractivity (Wildman–Crippen MR) is 92.0 cm³/mol. The Morgan fingerprint density at radius 2 is 1.96 bits per heavy atom. The number of hydrogen-bond acceptors (Lipinski definition) is 5. The number of likely N-dealkylation sites (N-methyl/N-ethyl adjacent to an activating group) is 1. The van der Waals surface area contributed by atoms with E-state index in [0.717, 1.165) is 5.56 Å². The fraction of sp³-hybridized carbons (Fsp3) is 0.0625. The van der Waals surface area contributed by atoms with E-state index in [-0.39, 0.29) is 11.5 Å². The highest BCUT2D eigenvalue weighted by molar-refractivity contribution is 8.26. The highest BCUT2D eigenvalue weighted by atomic mass is 32.2. The molecule has 3 rings (SSSR count). The molecule has 23 heavy (non-hydrogen) atoms. The van der Waals surface area contributed by atoms with Gasteiger partial charge < -0.3 is 9.52 Å². The third-order valence-corrected chi connectivity index (χ3v) is 4.79. The Labute approximate surface area is 141 Å². The quantitative estimate of drug-likeness (QED) is 0.678. The fourth-order valence-corrected chi connectivity index (χ4v) is 3.20. The molecule has 1 N–H and O–H groups in total. The summed E-state index contributed by atoms with van der Waals surface area (Å²) in [5.74, 6) is 0.0125. The summed E-state index contributed by atoms with van der Waals surface area (Å²) in [6, 6.07) is 9.91. The van der Waals surface area contributed by atoms with Gasteiger partial charge in [-0.05, 0) is 24.3 Å². The molecule has 2 heterocycles. The van der Waals surface area contributed by atoms with Crippen molar-refractivity contribution in [1.82, 2.24) is 4.90 Å². The summed E-state index contributed by atoms with van der Waals surface area (Å²) < 4.78 is 6.21. The maximum atomic E-state index is 12.0. The largest absolute Gasteiger partial charge is 0.478 e. The van der Waals surface area contributed by atoms with Gasteiger partial charge in [-0.2, -0.15) is 0 Å². The first-order valence-electron chi connectivity index (χ1n) is 6.61. The van der Waals surface area contributed by atoms with Crippen LogP contribution in [0.4, 0.5) is 0 Å². The average molecular weight is 345 g/mol. The summed E-state index contributed by atoms with van der Waals surface area (Å²) in [6.07, 6.45) is 1.65. The van der Waals surface area contributed by atoms with E-state index < -0.39 is 5.97 Å². The molecule has 5 nitrogen and oxygen atoms in total. The molecule has 0 spiro atoms. The van der Waals surface area contributed by atoms with Crippen LogP contribution in [0.2, 0.25) is 0 Å². The van der Waals surface area contributed by atoms with Crippen molar-refractivity contribution in [3.8, 4) is 11.3 Å². The molecule has 0 unspecified atom stereocenters.